The first-order valence-corrected chi connectivity index (χ1v) is 7.32. The maximum absolute atomic E-state index is 12.0. The smallest absolute Gasteiger partial charge is 0.240 e. The summed E-state index contributed by atoms with van der Waals surface area (Å²) >= 11 is 4.78. The van der Waals surface area contributed by atoms with Crippen LogP contribution in [0.1, 0.15) is 18.9 Å². The van der Waals surface area contributed by atoms with Crippen LogP contribution in [0.2, 0.25) is 0 Å². The summed E-state index contributed by atoms with van der Waals surface area (Å²) in [4.78, 5) is 11.0. The van der Waals surface area contributed by atoms with Gasteiger partial charge in [0.15, 0.2) is 0 Å². The Kier molecular flexibility index (Phi) is 4.98. The van der Waals surface area contributed by atoms with Crippen LogP contribution in [0, 0.1) is 0 Å². The van der Waals surface area contributed by atoms with Gasteiger partial charge in [-0.15, -0.1) is 0 Å². The largest absolute Gasteiger partial charge is 0.389 e. The van der Waals surface area contributed by atoms with Gasteiger partial charge in [-0.2, -0.15) is 0 Å². The molecule has 104 valence electrons. The quantitative estimate of drug-likeness (QED) is 0.633. The molecular formula is C11H15N3O3S2. The van der Waals surface area contributed by atoms with E-state index in [1.54, 1.807) is 6.92 Å². The zero-order valence-electron chi connectivity index (χ0n) is 10.3. The van der Waals surface area contributed by atoms with Crippen LogP contribution in [0.15, 0.2) is 29.2 Å². The van der Waals surface area contributed by atoms with E-state index in [1.165, 1.54) is 24.3 Å². The normalized spacial score (nSPS) is 12.9. The second-order valence-electron chi connectivity index (χ2n) is 4.08. The monoisotopic (exact) mass is 301 g/mol. The summed E-state index contributed by atoms with van der Waals surface area (Å²) in [6.07, 6.45) is -0.0653. The Labute approximate surface area is 117 Å². The third-order valence-corrected chi connectivity index (χ3v) is 4.15. The molecule has 0 fully saturated rings. The topological polar surface area (TPSA) is 115 Å². The Hall–Kier alpha value is -1.51. The van der Waals surface area contributed by atoms with Gasteiger partial charge in [0.05, 0.1) is 4.90 Å². The number of carbonyl (C=O) groups is 1. The summed E-state index contributed by atoms with van der Waals surface area (Å²) in [6, 6.07) is 5.27. The molecule has 1 atom stereocenters. The summed E-state index contributed by atoms with van der Waals surface area (Å²) in [6.45, 7) is 1.56. The lowest BCUT2D eigenvalue weighted by molar-refractivity contribution is -0.118. The molecule has 1 aromatic carbocycles. The first-order valence-electron chi connectivity index (χ1n) is 5.43. The number of carbonyl (C=O) groups excluding carboxylic acids is 1. The molecule has 1 unspecified atom stereocenters. The lowest BCUT2D eigenvalue weighted by atomic mass is 10.2. The molecule has 1 amide bonds. The Morgan fingerprint density at radius 3 is 2.26 bits per heavy atom. The zero-order valence-corrected chi connectivity index (χ0v) is 11.9. The van der Waals surface area contributed by atoms with Gasteiger partial charge in [-0.05, 0) is 19.1 Å². The minimum atomic E-state index is -3.69. The Morgan fingerprint density at radius 1 is 1.32 bits per heavy atom. The van der Waals surface area contributed by atoms with E-state index in [4.69, 9.17) is 23.7 Å². The average Bonchev–Trinajstić information content (AvgIpc) is 2.27. The molecule has 0 saturated carbocycles. The second-order valence-corrected chi connectivity index (χ2v) is 6.24. The standard InChI is InChI=1S/C11H15N3O3S2/c1-7(6-10(12)15)14-19(16,17)9-4-2-8(3-5-9)11(13)18/h2-5,7,14H,6H2,1H3,(H2,12,15)(H2,13,18). The molecule has 1 aromatic rings. The molecule has 0 aliphatic heterocycles. The third-order valence-electron chi connectivity index (χ3n) is 2.31. The van der Waals surface area contributed by atoms with Crippen LogP contribution in [0.3, 0.4) is 0 Å². The number of nitrogens with two attached hydrogens (primary N) is 2. The third kappa shape index (κ3) is 4.58. The summed E-state index contributed by atoms with van der Waals surface area (Å²) in [5, 5.41) is 0. The van der Waals surface area contributed by atoms with E-state index in [0.29, 0.717) is 5.56 Å². The highest BCUT2D eigenvalue weighted by atomic mass is 32.2. The number of amides is 1. The van der Waals surface area contributed by atoms with Crippen molar-refractivity contribution in [3.63, 3.8) is 0 Å². The van der Waals surface area contributed by atoms with E-state index in [9.17, 15) is 13.2 Å². The van der Waals surface area contributed by atoms with Crippen molar-refractivity contribution in [2.75, 3.05) is 0 Å². The van der Waals surface area contributed by atoms with Crippen LogP contribution in [0.25, 0.3) is 0 Å². The van der Waals surface area contributed by atoms with Crippen molar-refractivity contribution in [3.8, 4) is 0 Å². The molecule has 6 nitrogen and oxygen atoms in total. The highest BCUT2D eigenvalue weighted by Crippen LogP contribution is 2.11. The van der Waals surface area contributed by atoms with Crippen molar-refractivity contribution in [2.45, 2.75) is 24.3 Å². The summed E-state index contributed by atoms with van der Waals surface area (Å²) in [5.41, 5.74) is 11.0. The van der Waals surface area contributed by atoms with Crippen molar-refractivity contribution in [1.29, 1.82) is 0 Å². The summed E-state index contributed by atoms with van der Waals surface area (Å²) < 4.78 is 26.3. The van der Waals surface area contributed by atoms with Gasteiger partial charge in [0.1, 0.15) is 4.99 Å². The maximum Gasteiger partial charge on any atom is 0.240 e. The fourth-order valence-electron chi connectivity index (χ4n) is 1.47. The number of hydrogen-bond acceptors (Lipinski definition) is 4. The van der Waals surface area contributed by atoms with Gasteiger partial charge in [0, 0.05) is 18.0 Å². The van der Waals surface area contributed by atoms with Crippen molar-refractivity contribution in [1.82, 2.24) is 4.72 Å². The molecule has 0 radical (unpaired) electrons. The van der Waals surface area contributed by atoms with E-state index in [1.807, 2.05) is 0 Å². The van der Waals surface area contributed by atoms with E-state index in [2.05, 4.69) is 4.72 Å². The predicted molar refractivity (Wildman–Crippen MR) is 75.9 cm³/mol. The van der Waals surface area contributed by atoms with E-state index in [0.717, 1.165) is 0 Å². The Bertz CT molecular complexity index is 582. The molecule has 0 aliphatic rings. The molecule has 0 saturated heterocycles. The lowest BCUT2D eigenvalue weighted by Gasteiger charge is -2.12. The van der Waals surface area contributed by atoms with E-state index in [-0.39, 0.29) is 16.3 Å². The molecule has 0 spiro atoms. The summed E-state index contributed by atoms with van der Waals surface area (Å²) in [7, 11) is -3.69. The van der Waals surface area contributed by atoms with Gasteiger partial charge in [-0.25, -0.2) is 13.1 Å². The molecule has 8 heteroatoms. The number of rotatable bonds is 6. The Morgan fingerprint density at radius 2 is 1.84 bits per heavy atom. The van der Waals surface area contributed by atoms with Gasteiger partial charge in [0.25, 0.3) is 0 Å². The van der Waals surface area contributed by atoms with Gasteiger partial charge >= 0.3 is 0 Å². The highest BCUT2D eigenvalue weighted by Gasteiger charge is 2.18. The van der Waals surface area contributed by atoms with Crippen LogP contribution in [0.5, 0.6) is 0 Å². The van der Waals surface area contributed by atoms with Crippen molar-refractivity contribution in [2.24, 2.45) is 11.5 Å². The minimum Gasteiger partial charge on any atom is -0.389 e. The lowest BCUT2D eigenvalue weighted by Crippen LogP contribution is -2.35. The Balaban J connectivity index is 2.88. The number of benzene rings is 1. The van der Waals surface area contributed by atoms with E-state index < -0.39 is 22.0 Å². The van der Waals surface area contributed by atoms with Crippen molar-refractivity contribution in [3.05, 3.63) is 29.8 Å². The van der Waals surface area contributed by atoms with Crippen LogP contribution in [0.4, 0.5) is 0 Å². The van der Waals surface area contributed by atoms with Crippen LogP contribution >= 0.6 is 12.2 Å². The van der Waals surface area contributed by atoms with Crippen molar-refractivity contribution >= 4 is 33.1 Å². The zero-order chi connectivity index (χ0) is 14.6. The average molecular weight is 301 g/mol. The molecule has 5 N–H and O–H groups in total. The molecular weight excluding hydrogens is 286 g/mol. The molecule has 0 aliphatic carbocycles. The molecule has 0 bridgehead atoms. The molecule has 1 rings (SSSR count). The van der Waals surface area contributed by atoms with Crippen LogP contribution < -0.4 is 16.2 Å². The number of thiocarbonyl (C=S) groups is 1. The molecule has 19 heavy (non-hydrogen) atoms. The number of primary amides is 1. The summed E-state index contributed by atoms with van der Waals surface area (Å²) in [5.74, 6) is -0.570. The fourth-order valence-corrected chi connectivity index (χ4v) is 2.85. The maximum atomic E-state index is 12.0. The van der Waals surface area contributed by atoms with Crippen molar-refractivity contribution < 1.29 is 13.2 Å². The van der Waals surface area contributed by atoms with Crippen LogP contribution in [-0.4, -0.2) is 25.4 Å². The first-order chi connectivity index (χ1) is 8.72. The second kappa shape index (κ2) is 6.09. The number of hydrogen-bond donors (Lipinski definition) is 3. The van der Waals surface area contributed by atoms with Gasteiger partial charge in [0.2, 0.25) is 15.9 Å². The number of sulfonamides is 1. The van der Waals surface area contributed by atoms with Gasteiger partial charge in [-0.3, -0.25) is 4.79 Å². The highest BCUT2D eigenvalue weighted by molar-refractivity contribution is 7.89. The number of nitrogens with one attached hydrogen (secondary N) is 1. The molecule has 0 heterocycles. The first kappa shape index (κ1) is 15.5. The fraction of sp³-hybridized carbons (Fsp3) is 0.273. The van der Waals surface area contributed by atoms with E-state index >= 15 is 0 Å². The van der Waals surface area contributed by atoms with Gasteiger partial charge < -0.3 is 11.5 Å². The van der Waals surface area contributed by atoms with Gasteiger partial charge in [-0.1, -0.05) is 24.4 Å². The van der Waals surface area contributed by atoms with Crippen LogP contribution in [-0.2, 0) is 14.8 Å². The SMILES string of the molecule is CC(CC(N)=O)NS(=O)(=O)c1ccc(C(N)=S)cc1. The minimum absolute atomic E-state index is 0.0653. The molecule has 0 aromatic heterocycles. The predicted octanol–water partition coefficient (Wildman–Crippen LogP) is -0.137.